The van der Waals surface area contributed by atoms with Gasteiger partial charge >= 0.3 is 30.2 Å². The normalized spacial score (nSPS) is 19.8. The zero-order valence-electron chi connectivity index (χ0n) is 78.3. The van der Waals surface area contributed by atoms with Crippen molar-refractivity contribution in [2.75, 3.05) is 54.5 Å². The average molecular weight is 2140 g/mol. The number of thiophene rings is 4. The summed E-state index contributed by atoms with van der Waals surface area (Å²) in [5, 5.41) is 20.7. The molecular formula is C98H91F2N17O19S9. The molecule has 0 saturated carbocycles. The van der Waals surface area contributed by atoms with Crippen molar-refractivity contribution in [3.8, 4) is 45.5 Å². The number of aryl methyl sites for hydroxylation is 3. The largest absolute Gasteiger partial charge is 0.497 e. The summed E-state index contributed by atoms with van der Waals surface area (Å²) in [5.41, 5.74) is 18.6. The zero-order valence-corrected chi connectivity index (χ0v) is 85.7. The first-order valence-electron chi connectivity index (χ1n) is 45.8. The number of carbonyl (C=O) groups excluding carboxylic acids is 10. The SMILES string of the molecule is CC(C)c1ccc2c(c1NC(=O)NS1(=O)=NC(=O)c3sccc31)CCO2.COc1cc(-c2cc(F)cc(C(C)C)c2NC(=O)NS2(=O)=NC(=O)c3sccc32)ccn1.COc1cc(-c2ccc3c(c2NC(=O)NS2(=O)=NC(=O)c4sccc42)CCC3)ccn1.COc1ccc2c(c1)S(=O)(NC(=O)Nc1c3c(cc4c1CCC4)CCC3)=NC2=O.O=C(Nc1c2c(c(F)c3c1CCC3)CCC2)NS1(=O)=NC(=O)c2sccc21. The number of hydrogen-bond donors (Lipinski definition) is 10. The maximum Gasteiger partial charge on any atom is 0.331 e. The summed E-state index contributed by atoms with van der Waals surface area (Å²) < 4.78 is 146. The van der Waals surface area contributed by atoms with Gasteiger partial charge in [0.2, 0.25) is 11.8 Å². The van der Waals surface area contributed by atoms with E-state index in [1.807, 2.05) is 52.0 Å². The molecule has 145 heavy (non-hydrogen) atoms. The van der Waals surface area contributed by atoms with Crippen LogP contribution in [0.5, 0.6) is 23.3 Å². The van der Waals surface area contributed by atoms with Crippen molar-refractivity contribution in [1.82, 2.24) is 33.6 Å². The molecule has 6 aliphatic heterocycles. The lowest BCUT2D eigenvalue weighted by Crippen LogP contribution is -2.34. The van der Waals surface area contributed by atoms with Crippen LogP contribution in [0.3, 0.4) is 0 Å². The van der Waals surface area contributed by atoms with Crippen LogP contribution in [0.2, 0.25) is 0 Å². The molecule has 750 valence electrons. The topological polar surface area (TPSA) is 501 Å². The number of methoxy groups -OCH3 is 3. The first-order valence-corrected chi connectivity index (χ1v) is 56.9. The minimum absolute atomic E-state index is 0.119. The Morgan fingerprint density at radius 2 is 0.738 bits per heavy atom. The van der Waals surface area contributed by atoms with Gasteiger partial charge in [-0.15, -0.1) is 67.2 Å². The van der Waals surface area contributed by atoms with Crippen molar-refractivity contribution < 1.29 is 96.7 Å². The van der Waals surface area contributed by atoms with Crippen LogP contribution in [0.4, 0.5) is 61.2 Å². The molecule has 6 aromatic carbocycles. The number of pyridine rings is 2. The monoisotopic (exact) mass is 2140 g/mol. The number of hydrogen-bond acceptors (Lipinski definition) is 25. The molecular weight excluding hydrogens is 2050 g/mol. The average Bonchev–Trinajstić information content (AvgIpc) is 1.59. The Morgan fingerprint density at radius 1 is 0.352 bits per heavy atom. The van der Waals surface area contributed by atoms with Gasteiger partial charge in [0.05, 0.1) is 75.0 Å². The van der Waals surface area contributed by atoms with Crippen LogP contribution in [0.15, 0.2) is 189 Å². The molecule has 10 N–H and O–H groups in total. The van der Waals surface area contributed by atoms with Crippen LogP contribution in [0, 0.1) is 11.6 Å². The second-order valence-corrected chi connectivity index (χ2v) is 48.3. The van der Waals surface area contributed by atoms with E-state index in [1.54, 1.807) is 77.3 Å². The summed E-state index contributed by atoms with van der Waals surface area (Å²) in [6.07, 6.45) is 17.1. The van der Waals surface area contributed by atoms with E-state index >= 15 is 0 Å². The summed E-state index contributed by atoms with van der Waals surface area (Å²) in [5.74, 6) is -1.51. The smallest absolute Gasteiger partial charge is 0.331 e. The number of nitrogens with zero attached hydrogens (tertiary/aromatic N) is 7. The quantitative estimate of drug-likeness (QED) is 0.0405. The summed E-state index contributed by atoms with van der Waals surface area (Å²) in [6.45, 7) is 8.34. The van der Waals surface area contributed by atoms with Crippen molar-refractivity contribution in [3.63, 3.8) is 0 Å². The van der Waals surface area contributed by atoms with Crippen molar-refractivity contribution >= 4 is 183 Å². The number of urea groups is 5. The molecule has 47 heteroatoms. The number of amides is 15. The van der Waals surface area contributed by atoms with E-state index in [0.29, 0.717) is 121 Å². The first kappa shape index (κ1) is 99.7. The number of halogens is 2. The second kappa shape index (κ2) is 40.2. The Kier molecular flexibility index (Phi) is 27.6. The summed E-state index contributed by atoms with van der Waals surface area (Å²) in [4.78, 5) is 134. The highest BCUT2D eigenvalue weighted by molar-refractivity contribution is 7.94. The van der Waals surface area contributed by atoms with E-state index in [1.165, 1.54) is 89.9 Å². The van der Waals surface area contributed by atoms with E-state index in [0.717, 1.165) is 155 Å². The molecule has 23 rings (SSSR count). The van der Waals surface area contributed by atoms with E-state index in [9.17, 15) is 77.8 Å². The minimum Gasteiger partial charge on any atom is -0.497 e. The fourth-order valence-electron chi connectivity index (χ4n) is 19.3. The maximum absolute atomic E-state index is 14.7. The first-order chi connectivity index (χ1) is 69.5. The van der Waals surface area contributed by atoms with Crippen LogP contribution < -0.4 is 69.1 Å². The third kappa shape index (κ3) is 19.4. The van der Waals surface area contributed by atoms with Gasteiger partial charge in [0, 0.05) is 59.0 Å². The molecule has 5 unspecified atom stereocenters. The molecule has 5 aliphatic carbocycles. The molecule has 12 heterocycles. The van der Waals surface area contributed by atoms with Gasteiger partial charge in [-0.3, -0.25) is 24.0 Å². The fourth-order valence-corrected chi connectivity index (χ4v) is 32.0. The van der Waals surface area contributed by atoms with Gasteiger partial charge in [-0.2, -0.15) is 0 Å². The van der Waals surface area contributed by atoms with Crippen LogP contribution >= 0.6 is 45.3 Å². The Balaban J connectivity index is 0.000000115. The number of carbonyl (C=O) groups is 10. The summed E-state index contributed by atoms with van der Waals surface area (Å²) in [6, 6.07) is 27.0. The number of ether oxygens (including phenoxy) is 4. The highest BCUT2D eigenvalue weighted by atomic mass is 32.2. The van der Waals surface area contributed by atoms with Gasteiger partial charge in [0.1, 0.15) is 42.6 Å². The molecule has 36 nitrogen and oxygen atoms in total. The predicted octanol–water partition coefficient (Wildman–Crippen LogP) is 19.3. The van der Waals surface area contributed by atoms with Gasteiger partial charge in [-0.05, 0) is 280 Å². The third-order valence-corrected chi connectivity index (χ3v) is 39.0. The Morgan fingerprint density at radius 3 is 1.19 bits per heavy atom. The molecule has 11 aliphatic rings. The maximum atomic E-state index is 14.7. The van der Waals surface area contributed by atoms with Crippen molar-refractivity contribution in [1.29, 1.82) is 0 Å². The molecule has 0 radical (unpaired) electrons. The number of rotatable bonds is 17. The fraction of sp³-hybridized carbons (Fsp3) is 0.265. The third-order valence-electron chi connectivity index (χ3n) is 25.7. The Bertz CT molecular complexity index is 8240. The van der Waals surface area contributed by atoms with Gasteiger partial charge in [-0.25, -0.2) is 87.4 Å². The summed E-state index contributed by atoms with van der Waals surface area (Å²) >= 11 is 4.59. The minimum atomic E-state index is -3.45. The highest BCUT2D eigenvalue weighted by Crippen LogP contribution is 2.47. The van der Waals surface area contributed by atoms with Crippen molar-refractivity contribution in [2.24, 2.45) is 21.8 Å². The molecule has 0 fully saturated rings. The lowest BCUT2D eigenvalue weighted by Gasteiger charge is -2.19. The second-order valence-electron chi connectivity index (χ2n) is 35.2. The van der Waals surface area contributed by atoms with E-state index in [-0.39, 0.29) is 52.6 Å². The number of aromatic nitrogens is 2. The van der Waals surface area contributed by atoms with Gasteiger partial charge in [0.25, 0.3) is 29.5 Å². The Hall–Kier alpha value is -14.1. The van der Waals surface area contributed by atoms with Crippen LogP contribution in [0.25, 0.3) is 22.3 Å². The number of anilines is 5. The standard InChI is InChI=1S/C21H19FN4O4S2.C21H18N4O4S2.C21H21N3O4S.C18H16FN3O3S2.C17H17N3O4S2/c1-11(2)14-9-13(22)10-15(12-4-6-23-17(8-12)30-3)18(14)24-21(28)26-32(29)16-5-7-31-19(16)20(27)25-32;1-29-17-11-13(7-9-22-17)15-6-5-12-3-2-4-14(12)18(15)23-21(27)25-31(28)16-8-10-30-19(16)20(26)24-31;1-28-14-8-9-17-18(11-14)29(27,23-20(17)25)24-21(26)22-19-15-6-2-4-12(15)10-13-5-3-7-16(13)19;19-14-9-3-1-5-11(9)15(12-6-2-4-10(12)14)20-18(24)22-27(25)13-7-8-26-16(13)17(23)21-27;1-9(2)10-3-4-12-11(5-7-24-12)14(10)18-17(22)20-26(23)13-6-8-25-15(13)16(21)19-26/h4-11H,1-3H3,(H2,24,25,26,27,28,29);5-11H,2-4H2,1H3,(H2,23,24,25,26,27,28);8-11H,2-7H2,1H3,(H2,22,23,24,25,26,27);7-8H,1-6H2,(H2,20,21,22,23,24,25);3-4,6,8-9H,5,7H2,1-2H3,(H2,18,19,20,21,22,23). The van der Waals surface area contributed by atoms with Gasteiger partial charge < -0.3 is 45.5 Å². The van der Waals surface area contributed by atoms with Crippen molar-refractivity contribution in [2.45, 2.75) is 167 Å². The van der Waals surface area contributed by atoms with E-state index in [4.69, 9.17) is 18.9 Å². The molecule has 0 spiro atoms. The zero-order chi connectivity index (χ0) is 102. The number of nitrogens with one attached hydrogen (secondary N) is 10. The molecule has 5 atom stereocenters. The number of benzene rings is 6. The Labute approximate surface area is 847 Å². The lowest BCUT2D eigenvalue weighted by atomic mass is 9.94. The molecule has 15 amide bonds. The highest BCUT2D eigenvalue weighted by Gasteiger charge is 2.41. The van der Waals surface area contributed by atoms with Gasteiger partial charge in [0.15, 0.2) is 49.6 Å². The molecule has 0 saturated heterocycles. The van der Waals surface area contributed by atoms with Crippen LogP contribution in [-0.4, -0.2) is 119 Å². The molecule has 12 aromatic rings. The number of fused-ring (bicyclic) bond motifs is 11. The van der Waals surface area contributed by atoms with E-state index < -0.39 is 115 Å². The molecule has 6 aromatic heterocycles. The lowest BCUT2D eigenvalue weighted by molar-refractivity contribution is 0.0998. The summed E-state index contributed by atoms with van der Waals surface area (Å²) in [7, 11) is -12.3. The predicted molar refractivity (Wildman–Crippen MR) is 546 cm³/mol. The van der Waals surface area contributed by atoms with Crippen LogP contribution in [-0.2, 0) is 120 Å². The van der Waals surface area contributed by atoms with Crippen molar-refractivity contribution in [3.05, 3.63) is 252 Å². The van der Waals surface area contributed by atoms with Crippen LogP contribution in [0.1, 0.15) is 193 Å². The van der Waals surface area contributed by atoms with E-state index in [2.05, 4.69) is 94.1 Å². The van der Waals surface area contributed by atoms with Gasteiger partial charge in [-0.1, -0.05) is 52.0 Å². The molecule has 0 bridgehead atoms.